The van der Waals surface area contributed by atoms with Gasteiger partial charge in [0.25, 0.3) is 0 Å². The molecule has 0 aliphatic heterocycles. The highest BCUT2D eigenvalue weighted by atomic mass is 79.9. The van der Waals surface area contributed by atoms with E-state index in [0.29, 0.717) is 4.83 Å². The summed E-state index contributed by atoms with van der Waals surface area (Å²) in [4.78, 5) is 0.564. The summed E-state index contributed by atoms with van der Waals surface area (Å²) in [6.45, 7) is 6.36. The molecule has 0 heterocycles. The van der Waals surface area contributed by atoms with Gasteiger partial charge in [-0.05, 0) is 12.8 Å². The van der Waals surface area contributed by atoms with Gasteiger partial charge in [0.05, 0.1) is 6.61 Å². The Morgan fingerprint density at radius 2 is 1.33 bits per heavy atom. The minimum atomic E-state index is 0.564. The van der Waals surface area contributed by atoms with E-state index in [0.717, 1.165) is 13.2 Å². The zero-order chi connectivity index (χ0) is 13.5. The van der Waals surface area contributed by atoms with Crippen molar-refractivity contribution in [2.45, 2.75) is 89.3 Å². The molecule has 0 aromatic heterocycles. The van der Waals surface area contributed by atoms with Crippen molar-refractivity contribution < 1.29 is 4.74 Å². The van der Waals surface area contributed by atoms with Gasteiger partial charge in [-0.25, -0.2) is 0 Å². The van der Waals surface area contributed by atoms with Crippen molar-refractivity contribution in [3.05, 3.63) is 0 Å². The second kappa shape index (κ2) is 15.5. The first-order valence-corrected chi connectivity index (χ1v) is 8.94. The first-order valence-electron chi connectivity index (χ1n) is 8.03. The first kappa shape index (κ1) is 18.4. The Bertz CT molecular complexity index is 150. The minimum Gasteiger partial charge on any atom is -0.380 e. The second-order valence-electron chi connectivity index (χ2n) is 5.29. The fourth-order valence-corrected chi connectivity index (χ4v) is 2.58. The molecular formula is C16H33BrO. The van der Waals surface area contributed by atoms with Crippen LogP contribution in [-0.4, -0.2) is 18.0 Å². The maximum Gasteiger partial charge on any atom is 0.0591 e. The van der Waals surface area contributed by atoms with Gasteiger partial charge in [-0.2, -0.15) is 0 Å². The second-order valence-corrected chi connectivity index (χ2v) is 6.58. The fraction of sp³-hybridized carbons (Fsp3) is 1.00. The maximum atomic E-state index is 5.71. The van der Waals surface area contributed by atoms with Crippen LogP contribution in [0, 0.1) is 0 Å². The van der Waals surface area contributed by atoms with Crippen LogP contribution < -0.4 is 0 Å². The van der Waals surface area contributed by atoms with E-state index in [4.69, 9.17) is 4.74 Å². The number of halogens is 1. The normalized spacial score (nSPS) is 12.8. The molecule has 0 aromatic carbocycles. The molecule has 0 bridgehead atoms. The van der Waals surface area contributed by atoms with Crippen LogP contribution in [0.15, 0.2) is 0 Å². The Morgan fingerprint density at radius 3 is 2.00 bits per heavy atom. The lowest BCUT2D eigenvalue weighted by Crippen LogP contribution is -2.09. The van der Waals surface area contributed by atoms with E-state index < -0.39 is 0 Å². The molecule has 1 atom stereocenters. The summed E-state index contributed by atoms with van der Waals surface area (Å²) >= 11 is 3.71. The first-order chi connectivity index (χ1) is 8.81. The number of hydrogen-bond donors (Lipinski definition) is 0. The van der Waals surface area contributed by atoms with Gasteiger partial charge in [-0.15, -0.1) is 0 Å². The SMILES string of the molecule is CCCCCCCCOCC(Br)CCCCCC. The summed E-state index contributed by atoms with van der Waals surface area (Å²) in [7, 11) is 0. The van der Waals surface area contributed by atoms with Crippen molar-refractivity contribution in [1.82, 2.24) is 0 Å². The number of unbranched alkanes of at least 4 members (excludes halogenated alkanes) is 8. The summed E-state index contributed by atoms with van der Waals surface area (Å²) in [5, 5.41) is 0. The summed E-state index contributed by atoms with van der Waals surface area (Å²) in [5.74, 6) is 0. The number of rotatable bonds is 14. The molecule has 0 radical (unpaired) electrons. The Hall–Kier alpha value is 0.440. The topological polar surface area (TPSA) is 9.23 Å². The van der Waals surface area contributed by atoms with E-state index in [1.165, 1.54) is 70.6 Å². The lowest BCUT2D eigenvalue weighted by Gasteiger charge is -2.10. The molecule has 1 unspecified atom stereocenters. The largest absolute Gasteiger partial charge is 0.380 e. The van der Waals surface area contributed by atoms with E-state index in [2.05, 4.69) is 29.8 Å². The van der Waals surface area contributed by atoms with Gasteiger partial charge in [0, 0.05) is 11.4 Å². The van der Waals surface area contributed by atoms with Crippen molar-refractivity contribution in [3.63, 3.8) is 0 Å². The van der Waals surface area contributed by atoms with Gasteiger partial charge in [-0.1, -0.05) is 87.6 Å². The predicted molar refractivity (Wildman–Crippen MR) is 85.7 cm³/mol. The molecule has 18 heavy (non-hydrogen) atoms. The molecule has 0 aliphatic carbocycles. The van der Waals surface area contributed by atoms with Gasteiger partial charge in [-0.3, -0.25) is 0 Å². The van der Waals surface area contributed by atoms with Crippen molar-refractivity contribution in [2.24, 2.45) is 0 Å². The van der Waals surface area contributed by atoms with Crippen LogP contribution in [0.25, 0.3) is 0 Å². The molecule has 0 spiro atoms. The van der Waals surface area contributed by atoms with Gasteiger partial charge >= 0.3 is 0 Å². The predicted octanol–water partition coefficient (Wildman–Crippen LogP) is 6.10. The van der Waals surface area contributed by atoms with Gasteiger partial charge in [0.2, 0.25) is 0 Å². The minimum absolute atomic E-state index is 0.564. The number of alkyl halides is 1. The van der Waals surface area contributed by atoms with Crippen molar-refractivity contribution >= 4 is 15.9 Å². The van der Waals surface area contributed by atoms with Crippen molar-refractivity contribution in [1.29, 1.82) is 0 Å². The average molecular weight is 321 g/mol. The Labute approximate surface area is 123 Å². The van der Waals surface area contributed by atoms with Crippen LogP contribution in [-0.2, 0) is 4.74 Å². The third kappa shape index (κ3) is 14.5. The zero-order valence-corrected chi connectivity index (χ0v) is 14.1. The highest BCUT2D eigenvalue weighted by molar-refractivity contribution is 9.09. The van der Waals surface area contributed by atoms with E-state index in [9.17, 15) is 0 Å². The van der Waals surface area contributed by atoms with E-state index in [1.54, 1.807) is 0 Å². The lowest BCUT2D eigenvalue weighted by atomic mass is 10.1. The zero-order valence-electron chi connectivity index (χ0n) is 12.6. The van der Waals surface area contributed by atoms with Crippen LogP contribution >= 0.6 is 15.9 Å². The number of ether oxygens (including phenoxy) is 1. The Balaban J connectivity index is 3.08. The molecule has 0 saturated carbocycles. The summed E-state index contributed by atoms with van der Waals surface area (Å²) in [6, 6.07) is 0. The molecule has 2 heteroatoms. The lowest BCUT2D eigenvalue weighted by molar-refractivity contribution is 0.130. The molecule has 0 rings (SSSR count). The molecular weight excluding hydrogens is 288 g/mol. The van der Waals surface area contributed by atoms with Crippen LogP contribution in [0.4, 0.5) is 0 Å². The van der Waals surface area contributed by atoms with E-state index in [-0.39, 0.29) is 0 Å². The third-order valence-electron chi connectivity index (χ3n) is 3.31. The monoisotopic (exact) mass is 320 g/mol. The molecule has 1 nitrogen and oxygen atoms in total. The average Bonchev–Trinajstić information content (AvgIpc) is 2.38. The van der Waals surface area contributed by atoms with Crippen LogP contribution in [0.3, 0.4) is 0 Å². The molecule has 110 valence electrons. The summed E-state index contributed by atoms with van der Waals surface area (Å²) < 4.78 is 5.71. The summed E-state index contributed by atoms with van der Waals surface area (Å²) in [5.41, 5.74) is 0. The van der Waals surface area contributed by atoms with Crippen molar-refractivity contribution in [3.8, 4) is 0 Å². The Morgan fingerprint density at radius 1 is 0.778 bits per heavy atom. The fourth-order valence-electron chi connectivity index (χ4n) is 2.07. The van der Waals surface area contributed by atoms with E-state index >= 15 is 0 Å². The van der Waals surface area contributed by atoms with Crippen LogP contribution in [0.2, 0.25) is 0 Å². The maximum absolute atomic E-state index is 5.71. The molecule has 0 fully saturated rings. The van der Waals surface area contributed by atoms with E-state index in [1.807, 2.05) is 0 Å². The quantitative estimate of drug-likeness (QED) is 0.277. The van der Waals surface area contributed by atoms with Crippen LogP contribution in [0.1, 0.15) is 84.5 Å². The van der Waals surface area contributed by atoms with Gasteiger partial charge in [0.15, 0.2) is 0 Å². The highest BCUT2D eigenvalue weighted by Gasteiger charge is 2.03. The Kier molecular flexibility index (Phi) is 15.9. The van der Waals surface area contributed by atoms with Crippen molar-refractivity contribution in [2.75, 3.05) is 13.2 Å². The number of hydrogen-bond acceptors (Lipinski definition) is 1. The standard InChI is InChI=1S/C16H33BrO/c1-3-5-7-9-10-12-14-18-15-16(17)13-11-8-6-4-2/h16H,3-15H2,1-2H3. The highest BCUT2D eigenvalue weighted by Crippen LogP contribution is 2.13. The molecule has 0 saturated heterocycles. The smallest absolute Gasteiger partial charge is 0.0591 e. The summed E-state index contributed by atoms with van der Waals surface area (Å²) in [6.07, 6.45) is 14.7. The molecule has 0 aromatic rings. The molecule has 0 aliphatic rings. The molecule has 0 N–H and O–H groups in total. The molecule has 0 amide bonds. The van der Waals surface area contributed by atoms with Gasteiger partial charge in [0.1, 0.15) is 0 Å². The van der Waals surface area contributed by atoms with Gasteiger partial charge < -0.3 is 4.74 Å². The third-order valence-corrected chi connectivity index (χ3v) is 4.03. The van der Waals surface area contributed by atoms with Crippen LogP contribution in [0.5, 0.6) is 0 Å².